The number of carbonyl (C=O) groups is 3. The maximum Gasteiger partial charge on any atom is 0.251 e. The second kappa shape index (κ2) is 18.6. The monoisotopic (exact) mass is 742 g/mol. The van der Waals surface area contributed by atoms with Gasteiger partial charge in [0.05, 0.1) is 6.61 Å². The number of aromatic hydroxyl groups is 1. The van der Waals surface area contributed by atoms with E-state index in [-0.39, 0.29) is 23.6 Å². The van der Waals surface area contributed by atoms with Crippen LogP contribution in [0.5, 0.6) is 11.5 Å². The molecule has 3 aliphatic heterocycles. The summed E-state index contributed by atoms with van der Waals surface area (Å²) in [4.78, 5) is 37.7. The molecule has 55 heavy (non-hydrogen) atoms. The Kier molecular flexibility index (Phi) is 12.9. The summed E-state index contributed by atoms with van der Waals surface area (Å²) in [6.07, 6.45) is 8.21. The van der Waals surface area contributed by atoms with Gasteiger partial charge >= 0.3 is 0 Å². The quantitative estimate of drug-likeness (QED) is 0.116. The number of phenols is 1. The summed E-state index contributed by atoms with van der Waals surface area (Å²) < 4.78 is 6.20. The standard InChI is InChI=1S/C41H47N3O3.C5H7NO2/c45-35-13-18-38-33(28-35)12-17-37(31-7-2-1-3-8-31)40(38)32-10-14-36(15-11-32)47-26-5-4-20-43-21-6-22-44(25-24-43)23-19-30-9-16-39-34(27-30)29-42-41(39)46;7-4-2-1-3-5(8)6-4/h1-3,7-11,13-16,18,27-28,37,40,45H,4-6,12,17,19-26,29H2,(H,42,46);1-3H2,(H,6,7,8). The molecule has 0 bridgehead atoms. The largest absolute Gasteiger partial charge is 0.508 e. The van der Waals surface area contributed by atoms with Crippen molar-refractivity contribution in [2.75, 3.05) is 45.9 Å². The van der Waals surface area contributed by atoms with E-state index in [0.29, 0.717) is 37.5 Å². The highest BCUT2D eigenvalue weighted by atomic mass is 16.5. The second-order valence-corrected chi connectivity index (χ2v) is 15.3. The van der Waals surface area contributed by atoms with Crippen LogP contribution < -0.4 is 15.4 Å². The minimum Gasteiger partial charge on any atom is -0.508 e. The molecule has 3 N–H and O–H groups in total. The predicted octanol–water partition coefficient (Wildman–Crippen LogP) is 6.72. The van der Waals surface area contributed by atoms with Crippen molar-refractivity contribution in [2.24, 2.45) is 0 Å². The number of ether oxygens (including phenoxy) is 1. The number of nitrogens with one attached hydrogen (secondary N) is 2. The fourth-order valence-corrected chi connectivity index (χ4v) is 8.57. The van der Waals surface area contributed by atoms with Gasteiger partial charge in [-0.25, -0.2) is 0 Å². The van der Waals surface area contributed by atoms with Crippen molar-refractivity contribution >= 4 is 17.7 Å². The molecule has 2 unspecified atom stereocenters. The van der Waals surface area contributed by atoms with Gasteiger partial charge in [-0.05, 0) is 134 Å². The normalized spacial score (nSPS) is 20.0. The van der Waals surface area contributed by atoms with Gasteiger partial charge < -0.3 is 25.0 Å². The highest BCUT2D eigenvalue weighted by molar-refractivity contribution is 5.98. The van der Waals surface area contributed by atoms with Crippen LogP contribution in [0.25, 0.3) is 0 Å². The van der Waals surface area contributed by atoms with Crippen LogP contribution in [0.4, 0.5) is 0 Å². The second-order valence-electron chi connectivity index (χ2n) is 15.3. The molecule has 0 spiro atoms. The summed E-state index contributed by atoms with van der Waals surface area (Å²) in [5.74, 6) is 1.72. The first-order valence-electron chi connectivity index (χ1n) is 20.2. The van der Waals surface area contributed by atoms with E-state index in [0.717, 1.165) is 88.3 Å². The van der Waals surface area contributed by atoms with Gasteiger partial charge in [-0.15, -0.1) is 0 Å². The minimum atomic E-state index is -0.138. The van der Waals surface area contributed by atoms with Gasteiger partial charge in [-0.3, -0.25) is 19.7 Å². The van der Waals surface area contributed by atoms with Gasteiger partial charge in [0.15, 0.2) is 0 Å². The Hall–Kier alpha value is -4.99. The van der Waals surface area contributed by atoms with Crippen LogP contribution in [0.15, 0.2) is 91.0 Å². The molecule has 288 valence electrons. The van der Waals surface area contributed by atoms with Crippen LogP contribution in [-0.2, 0) is 29.0 Å². The van der Waals surface area contributed by atoms with E-state index < -0.39 is 0 Å². The molecular formula is C46H54N4O5. The Bertz CT molecular complexity index is 1920. The Labute approximate surface area is 325 Å². The molecule has 4 aromatic carbocycles. The number of hydrogen-bond donors (Lipinski definition) is 3. The number of benzene rings is 4. The molecule has 0 saturated carbocycles. The smallest absolute Gasteiger partial charge is 0.251 e. The maximum atomic E-state index is 11.8. The molecule has 0 radical (unpaired) electrons. The van der Waals surface area contributed by atoms with E-state index in [9.17, 15) is 19.5 Å². The van der Waals surface area contributed by atoms with E-state index in [1.54, 1.807) is 0 Å². The molecule has 8 rings (SSSR count). The van der Waals surface area contributed by atoms with Crippen molar-refractivity contribution in [2.45, 2.75) is 76.2 Å². The highest BCUT2D eigenvalue weighted by Gasteiger charge is 2.32. The first-order valence-corrected chi connectivity index (χ1v) is 20.2. The summed E-state index contributed by atoms with van der Waals surface area (Å²) in [6.45, 7) is 8.16. The molecule has 1 aliphatic carbocycles. The number of amides is 3. The number of piperidine rings is 1. The number of phenolic OH excluding ortho intramolecular Hbond substituents is 1. The fraction of sp³-hybridized carbons (Fsp3) is 0.413. The summed E-state index contributed by atoms with van der Waals surface area (Å²) in [6, 6.07) is 31.8. The minimum absolute atomic E-state index is 0.0575. The predicted molar refractivity (Wildman–Crippen MR) is 214 cm³/mol. The molecule has 4 aliphatic rings. The molecule has 2 saturated heterocycles. The molecule has 9 nitrogen and oxygen atoms in total. The summed E-state index contributed by atoms with van der Waals surface area (Å²) in [5.41, 5.74) is 8.56. The van der Waals surface area contributed by atoms with Gasteiger partial charge in [0.2, 0.25) is 11.8 Å². The van der Waals surface area contributed by atoms with Crippen LogP contribution in [0.3, 0.4) is 0 Å². The van der Waals surface area contributed by atoms with E-state index in [1.165, 1.54) is 40.8 Å². The number of nitrogens with zero attached hydrogens (tertiary/aromatic N) is 2. The van der Waals surface area contributed by atoms with Crippen molar-refractivity contribution in [1.82, 2.24) is 20.4 Å². The van der Waals surface area contributed by atoms with Crippen LogP contribution in [-0.4, -0.2) is 78.5 Å². The molecule has 4 aromatic rings. The average molecular weight is 743 g/mol. The summed E-state index contributed by atoms with van der Waals surface area (Å²) in [7, 11) is 0. The van der Waals surface area contributed by atoms with E-state index >= 15 is 0 Å². The molecular weight excluding hydrogens is 689 g/mol. The molecule has 2 atom stereocenters. The van der Waals surface area contributed by atoms with E-state index in [4.69, 9.17) is 4.74 Å². The first-order chi connectivity index (χ1) is 26.9. The van der Waals surface area contributed by atoms with E-state index in [1.807, 2.05) is 18.2 Å². The number of hydrogen-bond acceptors (Lipinski definition) is 7. The van der Waals surface area contributed by atoms with Crippen molar-refractivity contribution in [3.8, 4) is 11.5 Å². The van der Waals surface area contributed by atoms with Crippen molar-refractivity contribution < 1.29 is 24.2 Å². The lowest BCUT2D eigenvalue weighted by atomic mass is 9.69. The fourth-order valence-electron chi connectivity index (χ4n) is 8.57. The average Bonchev–Trinajstić information content (AvgIpc) is 3.41. The Morgan fingerprint density at radius 1 is 0.709 bits per heavy atom. The van der Waals surface area contributed by atoms with Crippen LogP contribution in [0.1, 0.15) is 101 Å². The number of rotatable bonds is 11. The van der Waals surface area contributed by atoms with Crippen LogP contribution in [0.2, 0.25) is 0 Å². The number of imide groups is 1. The lowest BCUT2D eigenvalue weighted by Crippen LogP contribution is -2.33. The molecule has 3 amide bonds. The zero-order chi connectivity index (χ0) is 38.0. The molecule has 3 heterocycles. The van der Waals surface area contributed by atoms with Crippen LogP contribution >= 0.6 is 0 Å². The Morgan fingerprint density at radius 3 is 2.22 bits per heavy atom. The zero-order valence-corrected chi connectivity index (χ0v) is 31.8. The van der Waals surface area contributed by atoms with Crippen LogP contribution in [0, 0.1) is 0 Å². The zero-order valence-electron chi connectivity index (χ0n) is 31.8. The lowest BCUT2D eigenvalue weighted by molar-refractivity contribution is -0.132. The number of fused-ring (bicyclic) bond motifs is 2. The Balaban J connectivity index is 0.000000518. The number of carbonyl (C=O) groups excluding carboxylic acids is 3. The molecule has 2 fully saturated rings. The maximum absolute atomic E-state index is 11.8. The lowest BCUT2D eigenvalue weighted by Gasteiger charge is -2.34. The third kappa shape index (κ3) is 10.2. The molecule has 9 heteroatoms. The van der Waals surface area contributed by atoms with Crippen molar-refractivity contribution in [3.05, 3.63) is 130 Å². The van der Waals surface area contributed by atoms with Gasteiger partial charge in [-0.1, -0.05) is 60.7 Å². The van der Waals surface area contributed by atoms with Gasteiger partial charge in [0.25, 0.3) is 5.91 Å². The highest BCUT2D eigenvalue weighted by Crippen LogP contribution is 2.47. The SMILES string of the molecule is O=C1CCCC(=O)N1.O=C1NCc2cc(CCN3CCCN(CCCCOc4ccc(C5c6ccc(O)cc6CCC5c5ccccc5)cc4)CC3)ccc21. The van der Waals surface area contributed by atoms with Crippen molar-refractivity contribution in [1.29, 1.82) is 0 Å². The number of aryl methyl sites for hydroxylation is 1. The number of unbranched alkanes of at least 4 members (excludes halogenated alkanes) is 1. The van der Waals surface area contributed by atoms with Gasteiger partial charge in [-0.2, -0.15) is 0 Å². The Morgan fingerprint density at radius 2 is 1.47 bits per heavy atom. The third-order valence-corrected chi connectivity index (χ3v) is 11.5. The topological polar surface area (TPSA) is 111 Å². The first kappa shape index (κ1) is 38.3. The summed E-state index contributed by atoms with van der Waals surface area (Å²) >= 11 is 0. The summed E-state index contributed by atoms with van der Waals surface area (Å²) in [5, 5.41) is 15.3. The van der Waals surface area contributed by atoms with E-state index in [2.05, 4.69) is 93.2 Å². The molecule has 0 aromatic heterocycles. The third-order valence-electron chi connectivity index (χ3n) is 11.5. The van der Waals surface area contributed by atoms with Gasteiger partial charge in [0, 0.05) is 50.5 Å². The van der Waals surface area contributed by atoms with Gasteiger partial charge in [0.1, 0.15) is 11.5 Å². The van der Waals surface area contributed by atoms with Crippen molar-refractivity contribution in [3.63, 3.8) is 0 Å².